The molecule has 0 aliphatic heterocycles. The number of aliphatic imine (C=N–C) groups is 1. The number of nitrogens with zero attached hydrogens (tertiary/aromatic N) is 2. The van der Waals surface area contributed by atoms with Crippen molar-refractivity contribution in [1.82, 2.24) is 15.5 Å². The van der Waals surface area contributed by atoms with E-state index in [1.54, 1.807) is 26.3 Å². The van der Waals surface area contributed by atoms with E-state index in [0.717, 1.165) is 37.2 Å². The molecule has 0 amide bonds. The Morgan fingerprint density at radius 1 is 1.07 bits per heavy atom. The minimum absolute atomic E-state index is 0.0711. The van der Waals surface area contributed by atoms with Crippen molar-refractivity contribution in [2.45, 2.75) is 32.5 Å². The molecule has 0 radical (unpaired) electrons. The van der Waals surface area contributed by atoms with E-state index in [2.05, 4.69) is 20.5 Å². The van der Waals surface area contributed by atoms with Gasteiger partial charge in [0.15, 0.2) is 5.96 Å². The van der Waals surface area contributed by atoms with Gasteiger partial charge in [0, 0.05) is 33.9 Å². The fourth-order valence-corrected chi connectivity index (χ4v) is 3.06. The summed E-state index contributed by atoms with van der Waals surface area (Å²) in [4.78, 5) is 6.43. The number of hydrogen-bond acceptors (Lipinski definition) is 4. The van der Waals surface area contributed by atoms with Crippen molar-refractivity contribution in [3.05, 3.63) is 35.4 Å². The maximum absolute atomic E-state index is 12.9. The van der Waals surface area contributed by atoms with Gasteiger partial charge in [0.2, 0.25) is 0 Å². The predicted octanol–water partition coefficient (Wildman–Crippen LogP) is 3.31. The van der Waals surface area contributed by atoms with Crippen LogP contribution in [0.4, 0.5) is 13.2 Å². The normalized spacial score (nSPS) is 13.5. The van der Waals surface area contributed by atoms with Gasteiger partial charge in [-0.2, -0.15) is 13.2 Å². The molecular formula is C21H35F3N4O2. The number of ether oxygens (including phenoxy) is 2. The molecule has 30 heavy (non-hydrogen) atoms. The summed E-state index contributed by atoms with van der Waals surface area (Å²) in [7, 11) is 3.33. The molecule has 1 aromatic rings. The summed E-state index contributed by atoms with van der Waals surface area (Å²) < 4.78 is 49.0. The smallest absolute Gasteiger partial charge is 0.382 e. The van der Waals surface area contributed by atoms with Crippen LogP contribution in [0.1, 0.15) is 37.4 Å². The van der Waals surface area contributed by atoms with Gasteiger partial charge in [0.1, 0.15) is 0 Å². The number of halogens is 3. The van der Waals surface area contributed by atoms with Gasteiger partial charge in [-0.05, 0) is 37.2 Å². The number of hydrogen-bond donors (Lipinski definition) is 2. The van der Waals surface area contributed by atoms with Crippen LogP contribution < -0.4 is 10.6 Å². The van der Waals surface area contributed by atoms with Gasteiger partial charge in [-0.3, -0.25) is 9.89 Å². The third-order valence-electron chi connectivity index (χ3n) is 4.75. The van der Waals surface area contributed by atoms with E-state index >= 15 is 0 Å². The van der Waals surface area contributed by atoms with Gasteiger partial charge in [-0.15, -0.1) is 0 Å². The van der Waals surface area contributed by atoms with Crippen LogP contribution in [0, 0.1) is 0 Å². The van der Waals surface area contributed by atoms with Crippen molar-refractivity contribution in [3.63, 3.8) is 0 Å². The van der Waals surface area contributed by atoms with E-state index in [0.29, 0.717) is 38.9 Å². The summed E-state index contributed by atoms with van der Waals surface area (Å²) in [5.74, 6) is 0.649. The van der Waals surface area contributed by atoms with Crippen LogP contribution in [0.2, 0.25) is 0 Å². The molecule has 0 heterocycles. The number of nitrogens with one attached hydrogen (secondary N) is 2. The summed E-state index contributed by atoms with van der Waals surface area (Å²) in [6, 6.07) is 5.32. The molecule has 0 bridgehead atoms. The van der Waals surface area contributed by atoms with Crippen molar-refractivity contribution in [1.29, 1.82) is 0 Å². The third kappa shape index (κ3) is 9.32. The topological polar surface area (TPSA) is 58.1 Å². The molecular weight excluding hydrogens is 397 g/mol. The molecule has 1 atom stereocenters. The van der Waals surface area contributed by atoms with Gasteiger partial charge in [-0.1, -0.05) is 26.0 Å². The minimum Gasteiger partial charge on any atom is -0.382 e. The van der Waals surface area contributed by atoms with Crippen LogP contribution in [0.3, 0.4) is 0 Å². The van der Waals surface area contributed by atoms with Crippen molar-refractivity contribution >= 4 is 5.96 Å². The van der Waals surface area contributed by atoms with E-state index in [9.17, 15) is 13.2 Å². The average molecular weight is 433 g/mol. The lowest BCUT2D eigenvalue weighted by Gasteiger charge is -2.31. The second-order valence-corrected chi connectivity index (χ2v) is 6.70. The number of likely N-dealkylation sites (N-methyl/N-ethyl adjacent to an activating group) is 1. The molecule has 0 aliphatic rings. The quantitative estimate of drug-likeness (QED) is 0.285. The van der Waals surface area contributed by atoms with E-state index in [1.807, 2.05) is 13.8 Å². The Morgan fingerprint density at radius 2 is 1.73 bits per heavy atom. The first-order valence-electron chi connectivity index (χ1n) is 10.3. The van der Waals surface area contributed by atoms with E-state index in [4.69, 9.17) is 9.47 Å². The highest BCUT2D eigenvalue weighted by Crippen LogP contribution is 2.30. The Hall–Kier alpha value is -1.84. The van der Waals surface area contributed by atoms with E-state index in [-0.39, 0.29) is 6.04 Å². The first-order valence-corrected chi connectivity index (χ1v) is 10.3. The fraction of sp³-hybridized carbons (Fsp3) is 0.667. The predicted molar refractivity (Wildman–Crippen MR) is 114 cm³/mol. The van der Waals surface area contributed by atoms with Crippen molar-refractivity contribution in [2.24, 2.45) is 4.99 Å². The number of benzene rings is 1. The summed E-state index contributed by atoms with van der Waals surface area (Å²) in [5.41, 5.74) is 0.198. The van der Waals surface area contributed by atoms with Gasteiger partial charge in [-0.25, -0.2) is 0 Å². The van der Waals surface area contributed by atoms with E-state index in [1.165, 1.54) is 0 Å². The molecule has 0 fully saturated rings. The van der Waals surface area contributed by atoms with Gasteiger partial charge in [0.05, 0.1) is 24.8 Å². The molecule has 6 nitrogen and oxygen atoms in total. The monoisotopic (exact) mass is 432 g/mol. The summed E-state index contributed by atoms with van der Waals surface area (Å²) in [6.07, 6.45) is -3.51. The second kappa shape index (κ2) is 14.2. The van der Waals surface area contributed by atoms with Gasteiger partial charge >= 0.3 is 6.18 Å². The number of rotatable bonds is 13. The van der Waals surface area contributed by atoms with Crippen LogP contribution in [0.5, 0.6) is 0 Å². The van der Waals surface area contributed by atoms with Crippen molar-refractivity contribution in [3.8, 4) is 0 Å². The summed E-state index contributed by atoms with van der Waals surface area (Å²) in [5, 5.41) is 6.52. The molecule has 1 aromatic carbocycles. The molecule has 1 rings (SSSR count). The van der Waals surface area contributed by atoms with Crippen LogP contribution in [-0.4, -0.2) is 71.0 Å². The van der Waals surface area contributed by atoms with E-state index < -0.39 is 11.7 Å². The molecule has 9 heteroatoms. The Kier molecular flexibility index (Phi) is 12.4. The minimum atomic E-state index is -4.33. The molecule has 2 N–H and O–H groups in total. The van der Waals surface area contributed by atoms with Crippen molar-refractivity contribution in [2.75, 3.05) is 60.2 Å². The molecule has 0 saturated heterocycles. The maximum atomic E-state index is 12.9. The number of guanidine groups is 1. The molecule has 0 aromatic heterocycles. The van der Waals surface area contributed by atoms with Gasteiger partial charge < -0.3 is 20.1 Å². The Bertz CT molecular complexity index is 605. The number of alkyl halides is 3. The zero-order chi connectivity index (χ0) is 22.4. The highest BCUT2D eigenvalue weighted by atomic mass is 19.4. The highest BCUT2D eigenvalue weighted by molar-refractivity contribution is 5.79. The van der Waals surface area contributed by atoms with Crippen LogP contribution in [0.15, 0.2) is 29.3 Å². The fourth-order valence-electron chi connectivity index (χ4n) is 3.06. The standard InChI is InChI=1S/C21H35F3N4O2/c1-5-28(6-2)19(17-8-10-18(11-9-17)21(22,23)24)16-27-20(25-3)26-12-7-13-30-15-14-29-4/h8-11,19H,5-7,12-16H2,1-4H3,(H2,25,26,27). The lowest BCUT2D eigenvalue weighted by molar-refractivity contribution is -0.137. The average Bonchev–Trinajstić information content (AvgIpc) is 2.73. The van der Waals surface area contributed by atoms with Crippen LogP contribution >= 0.6 is 0 Å². The lowest BCUT2D eigenvalue weighted by Crippen LogP contribution is -2.43. The largest absolute Gasteiger partial charge is 0.416 e. The highest BCUT2D eigenvalue weighted by Gasteiger charge is 2.30. The Balaban J connectivity index is 2.65. The van der Waals surface area contributed by atoms with Gasteiger partial charge in [0.25, 0.3) is 0 Å². The third-order valence-corrected chi connectivity index (χ3v) is 4.75. The Morgan fingerprint density at radius 3 is 2.27 bits per heavy atom. The SMILES string of the molecule is CCN(CC)C(CNC(=NC)NCCCOCCOC)c1ccc(C(F)(F)F)cc1. The molecule has 172 valence electrons. The zero-order valence-corrected chi connectivity index (χ0v) is 18.4. The molecule has 1 unspecified atom stereocenters. The maximum Gasteiger partial charge on any atom is 0.416 e. The lowest BCUT2D eigenvalue weighted by atomic mass is 10.0. The first-order chi connectivity index (χ1) is 14.4. The second-order valence-electron chi connectivity index (χ2n) is 6.70. The first kappa shape index (κ1) is 26.2. The van der Waals surface area contributed by atoms with Crippen LogP contribution in [0.25, 0.3) is 0 Å². The molecule has 0 saturated carbocycles. The zero-order valence-electron chi connectivity index (χ0n) is 18.4. The number of methoxy groups -OCH3 is 1. The molecule has 0 aliphatic carbocycles. The molecule has 0 spiro atoms. The van der Waals surface area contributed by atoms with Crippen LogP contribution in [-0.2, 0) is 15.7 Å². The Labute approximate surface area is 177 Å². The summed E-state index contributed by atoms with van der Waals surface area (Å²) in [6.45, 7) is 8.65. The van der Waals surface area contributed by atoms with Crippen molar-refractivity contribution < 1.29 is 22.6 Å². The summed E-state index contributed by atoms with van der Waals surface area (Å²) >= 11 is 0.